The monoisotopic (exact) mass is 255 g/mol. The largest absolute Gasteiger partial charge is 0.481 e. The maximum absolute atomic E-state index is 12.6. The molecule has 5 nitrogen and oxygen atoms in total. The fraction of sp³-hybridized carbons (Fsp3) is 0.846. The van der Waals surface area contributed by atoms with E-state index in [0.717, 1.165) is 32.1 Å². The second-order valence-corrected chi connectivity index (χ2v) is 5.46. The Bertz CT molecular complexity index is 338. The lowest BCUT2D eigenvalue weighted by molar-refractivity contribution is -0.154. The molecule has 1 heterocycles. The summed E-state index contributed by atoms with van der Waals surface area (Å²) in [6.45, 7) is 1.16. The molecule has 1 unspecified atom stereocenters. The Hall–Kier alpha value is -1.10. The first-order chi connectivity index (χ1) is 8.59. The number of nitrogens with zero attached hydrogens (tertiary/aromatic N) is 1. The van der Waals surface area contributed by atoms with E-state index in [2.05, 4.69) is 0 Å². The molecule has 0 bridgehead atoms. The highest BCUT2D eigenvalue weighted by molar-refractivity contribution is 5.85. The van der Waals surface area contributed by atoms with Crippen LogP contribution in [0, 0.1) is 5.41 Å². The van der Waals surface area contributed by atoms with Crippen molar-refractivity contribution < 1.29 is 19.4 Å². The van der Waals surface area contributed by atoms with E-state index in [9.17, 15) is 9.59 Å². The molecule has 1 saturated carbocycles. The minimum absolute atomic E-state index is 0.0643. The van der Waals surface area contributed by atoms with Crippen LogP contribution in [0.4, 0.5) is 0 Å². The average molecular weight is 255 g/mol. The van der Waals surface area contributed by atoms with E-state index < -0.39 is 5.97 Å². The second-order valence-electron chi connectivity index (χ2n) is 5.46. The summed E-state index contributed by atoms with van der Waals surface area (Å²) in [7, 11) is 1.62. The van der Waals surface area contributed by atoms with Crippen LogP contribution in [0.2, 0.25) is 0 Å². The number of hydrogen-bond donors (Lipinski definition) is 1. The van der Waals surface area contributed by atoms with E-state index in [4.69, 9.17) is 9.84 Å². The summed E-state index contributed by atoms with van der Waals surface area (Å²) in [6, 6.07) is -0.121. The number of methoxy groups -OCH3 is 1. The molecule has 2 aliphatic rings. The van der Waals surface area contributed by atoms with Gasteiger partial charge in [0.2, 0.25) is 5.91 Å². The van der Waals surface area contributed by atoms with Gasteiger partial charge in [0.05, 0.1) is 18.4 Å². The summed E-state index contributed by atoms with van der Waals surface area (Å²) < 4.78 is 5.18. The fourth-order valence-corrected chi connectivity index (χ4v) is 3.12. The number of carbonyl (C=O) groups is 2. The molecule has 0 aromatic heterocycles. The van der Waals surface area contributed by atoms with Crippen molar-refractivity contribution in [2.24, 2.45) is 5.41 Å². The van der Waals surface area contributed by atoms with Crippen LogP contribution in [-0.4, -0.2) is 48.2 Å². The van der Waals surface area contributed by atoms with Gasteiger partial charge in [-0.1, -0.05) is 6.42 Å². The second kappa shape index (κ2) is 5.26. The van der Waals surface area contributed by atoms with Gasteiger partial charge >= 0.3 is 5.97 Å². The van der Waals surface area contributed by atoms with Crippen LogP contribution in [0.1, 0.15) is 38.5 Å². The number of likely N-dealkylation sites (tertiary alicyclic amines) is 1. The molecular formula is C13H21NO4. The van der Waals surface area contributed by atoms with E-state index in [1.807, 2.05) is 0 Å². The molecule has 18 heavy (non-hydrogen) atoms. The molecule has 102 valence electrons. The van der Waals surface area contributed by atoms with Gasteiger partial charge in [0.15, 0.2) is 0 Å². The van der Waals surface area contributed by atoms with Crippen molar-refractivity contribution in [3.63, 3.8) is 0 Å². The standard InChI is InChI=1S/C13H21NO4/c1-18-9-13(5-3-6-13)12(17)14-7-2-4-10(14)8-11(15)16/h10H,2-9H2,1H3,(H,15,16). The number of carbonyl (C=O) groups excluding carboxylic acids is 1. The van der Waals surface area contributed by atoms with E-state index in [1.165, 1.54) is 0 Å². The third-order valence-electron chi connectivity index (χ3n) is 4.23. The van der Waals surface area contributed by atoms with Gasteiger partial charge in [-0.3, -0.25) is 9.59 Å². The molecule has 0 spiro atoms. The lowest BCUT2D eigenvalue weighted by atomic mass is 9.68. The molecule has 0 aromatic carbocycles. The highest BCUT2D eigenvalue weighted by Gasteiger charge is 2.48. The lowest BCUT2D eigenvalue weighted by Crippen LogP contribution is -2.52. The van der Waals surface area contributed by atoms with Crippen molar-refractivity contribution in [1.29, 1.82) is 0 Å². The zero-order valence-electron chi connectivity index (χ0n) is 10.9. The minimum atomic E-state index is -0.825. The van der Waals surface area contributed by atoms with Crippen LogP contribution in [0.3, 0.4) is 0 Å². The van der Waals surface area contributed by atoms with Gasteiger partial charge in [0.1, 0.15) is 0 Å². The van der Waals surface area contributed by atoms with Crippen molar-refractivity contribution >= 4 is 11.9 Å². The summed E-state index contributed by atoms with van der Waals surface area (Å²) in [5.74, 6) is -0.714. The number of carboxylic acids is 1. The number of hydrogen-bond acceptors (Lipinski definition) is 3. The summed E-state index contributed by atoms with van der Waals surface area (Å²) in [5.41, 5.74) is -0.365. The molecule has 2 fully saturated rings. The minimum Gasteiger partial charge on any atom is -0.481 e. The fourth-order valence-electron chi connectivity index (χ4n) is 3.12. The quantitative estimate of drug-likeness (QED) is 0.803. The van der Waals surface area contributed by atoms with Crippen LogP contribution < -0.4 is 0 Å². The van der Waals surface area contributed by atoms with Gasteiger partial charge in [0, 0.05) is 19.7 Å². The Morgan fingerprint density at radius 1 is 1.39 bits per heavy atom. The smallest absolute Gasteiger partial charge is 0.305 e. The molecular weight excluding hydrogens is 234 g/mol. The topological polar surface area (TPSA) is 66.8 Å². The van der Waals surface area contributed by atoms with E-state index in [-0.39, 0.29) is 23.8 Å². The van der Waals surface area contributed by atoms with Gasteiger partial charge in [0.25, 0.3) is 0 Å². The van der Waals surface area contributed by atoms with Crippen molar-refractivity contribution in [2.45, 2.75) is 44.6 Å². The number of carboxylic acid groups (broad SMARTS) is 1. The van der Waals surface area contributed by atoms with Gasteiger partial charge in [-0.2, -0.15) is 0 Å². The Morgan fingerprint density at radius 3 is 2.61 bits per heavy atom. The zero-order chi connectivity index (χ0) is 13.2. The first-order valence-corrected chi connectivity index (χ1v) is 6.61. The summed E-state index contributed by atoms with van der Waals surface area (Å²) >= 11 is 0. The first-order valence-electron chi connectivity index (χ1n) is 6.61. The van der Waals surface area contributed by atoms with Crippen LogP contribution in [0.25, 0.3) is 0 Å². The first kappa shape index (κ1) is 13.3. The predicted molar refractivity (Wildman–Crippen MR) is 65.1 cm³/mol. The molecule has 0 aromatic rings. The molecule has 0 radical (unpaired) electrons. The van der Waals surface area contributed by atoms with Crippen molar-refractivity contribution in [3.05, 3.63) is 0 Å². The van der Waals surface area contributed by atoms with Crippen LogP contribution in [-0.2, 0) is 14.3 Å². The van der Waals surface area contributed by atoms with E-state index in [0.29, 0.717) is 13.2 Å². The maximum atomic E-state index is 12.6. The number of amides is 1. The highest BCUT2D eigenvalue weighted by Crippen LogP contribution is 2.44. The Morgan fingerprint density at radius 2 is 2.11 bits per heavy atom. The third kappa shape index (κ3) is 2.36. The molecule has 1 atom stereocenters. The summed E-state index contributed by atoms with van der Waals surface area (Å²) in [4.78, 5) is 25.2. The highest BCUT2D eigenvalue weighted by atomic mass is 16.5. The molecule has 5 heteroatoms. The van der Waals surface area contributed by atoms with Gasteiger partial charge in [-0.05, 0) is 25.7 Å². The normalized spacial score (nSPS) is 25.8. The molecule has 1 N–H and O–H groups in total. The zero-order valence-corrected chi connectivity index (χ0v) is 10.9. The maximum Gasteiger partial charge on any atom is 0.305 e. The van der Waals surface area contributed by atoms with Crippen LogP contribution in [0.15, 0.2) is 0 Å². The van der Waals surface area contributed by atoms with Gasteiger partial charge in [-0.25, -0.2) is 0 Å². The van der Waals surface area contributed by atoms with Crippen LogP contribution >= 0.6 is 0 Å². The number of rotatable bonds is 5. The Kier molecular flexibility index (Phi) is 3.90. The molecule has 1 amide bonds. The summed E-state index contributed by atoms with van der Waals surface area (Å²) in [5, 5.41) is 8.89. The number of ether oxygens (including phenoxy) is 1. The molecule has 2 rings (SSSR count). The lowest BCUT2D eigenvalue weighted by Gasteiger charge is -2.43. The van der Waals surface area contributed by atoms with Gasteiger partial charge in [-0.15, -0.1) is 0 Å². The average Bonchev–Trinajstić information content (AvgIpc) is 2.69. The van der Waals surface area contributed by atoms with Crippen molar-refractivity contribution in [1.82, 2.24) is 4.90 Å². The Labute approximate surface area is 107 Å². The molecule has 1 aliphatic heterocycles. The molecule has 1 aliphatic carbocycles. The van der Waals surface area contributed by atoms with E-state index in [1.54, 1.807) is 12.0 Å². The Balaban J connectivity index is 2.05. The van der Waals surface area contributed by atoms with E-state index >= 15 is 0 Å². The van der Waals surface area contributed by atoms with Gasteiger partial charge < -0.3 is 14.7 Å². The molecule has 1 saturated heterocycles. The van der Waals surface area contributed by atoms with Crippen molar-refractivity contribution in [3.8, 4) is 0 Å². The number of aliphatic carboxylic acids is 1. The third-order valence-corrected chi connectivity index (χ3v) is 4.23. The SMILES string of the molecule is COCC1(C(=O)N2CCCC2CC(=O)O)CCC1. The van der Waals surface area contributed by atoms with Crippen molar-refractivity contribution in [2.75, 3.05) is 20.3 Å². The van der Waals surface area contributed by atoms with Crippen LogP contribution in [0.5, 0.6) is 0 Å². The summed E-state index contributed by atoms with van der Waals surface area (Å²) in [6.07, 6.45) is 4.58. The predicted octanol–water partition coefficient (Wildman–Crippen LogP) is 1.27.